The summed E-state index contributed by atoms with van der Waals surface area (Å²) in [6.45, 7) is 6.54. The first-order valence-corrected chi connectivity index (χ1v) is 7.42. The third-order valence-corrected chi connectivity index (χ3v) is 4.04. The van der Waals surface area contributed by atoms with E-state index in [2.05, 4.69) is 13.8 Å². The van der Waals surface area contributed by atoms with Crippen molar-refractivity contribution in [3.05, 3.63) is 35.9 Å². The van der Waals surface area contributed by atoms with Gasteiger partial charge in [-0.2, -0.15) is 0 Å². The molecule has 0 spiro atoms. The van der Waals surface area contributed by atoms with Gasteiger partial charge in [-0.1, -0.05) is 44.2 Å². The molecule has 4 atom stereocenters. The molecule has 2 rings (SSSR count). The molecule has 20 heavy (non-hydrogen) atoms. The van der Waals surface area contributed by atoms with Crippen LogP contribution in [0.3, 0.4) is 0 Å². The van der Waals surface area contributed by atoms with Gasteiger partial charge in [-0.15, -0.1) is 0 Å². The summed E-state index contributed by atoms with van der Waals surface area (Å²) in [5, 5.41) is 0. The standard InChI is InChI=1S/C17H24O3/c1-12-10-16(20-14(12)3)11-19-17(18)13(2)9-15-7-5-4-6-8-15/h4-8,12-14,16H,9-11H2,1-3H3/t12-,13+,14?,16?/m1/s1. The maximum atomic E-state index is 12.0. The van der Waals surface area contributed by atoms with Crippen molar-refractivity contribution in [1.29, 1.82) is 0 Å². The Balaban J connectivity index is 1.74. The van der Waals surface area contributed by atoms with Crippen LogP contribution < -0.4 is 0 Å². The van der Waals surface area contributed by atoms with E-state index in [-0.39, 0.29) is 24.1 Å². The molecule has 2 unspecified atom stereocenters. The van der Waals surface area contributed by atoms with Gasteiger partial charge in [0.05, 0.1) is 18.1 Å². The van der Waals surface area contributed by atoms with Gasteiger partial charge in [0, 0.05) is 0 Å². The average molecular weight is 276 g/mol. The third kappa shape index (κ3) is 4.07. The summed E-state index contributed by atoms with van der Waals surface area (Å²) >= 11 is 0. The summed E-state index contributed by atoms with van der Waals surface area (Å²) < 4.78 is 11.1. The lowest BCUT2D eigenvalue weighted by molar-refractivity contribution is -0.151. The van der Waals surface area contributed by atoms with Gasteiger partial charge in [-0.3, -0.25) is 4.79 Å². The lowest BCUT2D eigenvalue weighted by Gasteiger charge is -2.15. The highest BCUT2D eigenvalue weighted by Gasteiger charge is 2.30. The molecular formula is C17H24O3. The Hall–Kier alpha value is -1.35. The fourth-order valence-electron chi connectivity index (χ4n) is 2.58. The second kappa shape index (κ2) is 6.89. The minimum absolute atomic E-state index is 0.0628. The zero-order valence-corrected chi connectivity index (χ0v) is 12.5. The predicted molar refractivity (Wildman–Crippen MR) is 78.4 cm³/mol. The average Bonchev–Trinajstić information content (AvgIpc) is 2.76. The van der Waals surface area contributed by atoms with Crippen LogP contribution in [0.25, 0.3) is 0 Å². The molecule has 1 aromatic carbocycles. The van der Waals surface area contributed by atoms with Crippen LogP contribution in [0.15, 0.2) is 30.3 Å². The van der Waals surface area contributed by atoms with Gasteiger partial charge < -0.3 is 9.47 Å². The van der Waals surface area contributed by atoms with E-state index in [9.17, 15) is 4.79 Å². The lowest BCUT2D eigenvalue weighted by atomic mass is 10.0. The van der Waals surface area contributed by atoms with Crippen LogP contribution in [0.2, 0.25) is 0 Å². The van der Waals surface area contributed by atoms with Crippen molar-refractivity contribution < 1.29 is 14.3 Å². The van der Waals surface area contributed by atoms with Crippen LogP contribution in [-0.4, -0.2) is 24.8 Å². The van der Waals surface area contributed by atoms with Crippen LogP contribution in [-0.2, 0) is 20.7 Å². The quantitative estimate of drug-likeness (QED) is 0.775. The van der Waals surface area contributed by atoms with E-state index in [1.165, 1.54) is 0 Å². The van der Waals surface area contributed by atoms with Crippen LogP contribution in [0.5, 0.6) is 0 Å². The first-order chi connectivity index (χ1) is 9.56. The molecule has 1 heterocycles. The van der Waals surface area contributed by atoms with Gasteiger partial charge in [0.2, 0.25) is 0 Å². The van der Waals surface area contributed by atoms with Gasteiger partial charge >= 0.3 is 5.97 Å². The molecule has 0 bridgehead atoms. The van der Waals surface area contributed by atoms with Gasteiger partial charge in [-0.05, 0) is 31.2 Å². The van der Waals surface area contributed by atoms with Gasteiger partial charge in [0.25, 0.3) is 0 Å². The summed E-state index contributed by atoms with van der Waals surface area (Å²) in [6.07, 6.45) is 2.02. The first kappa shape index (κ1) is 15.0. The highest BCUT2D eigenvalue weighted by Crippen LogP contribution is 2.25. The Morgan fingerprint density at radius 1 is 1.35 bits per heavy atom. The zero-order valence-electron chi connectivity index (χ0n) is 12.5. The first-order valence-electron chi connectivity index (χ1n) is 7.42. The third-order valence-electron chi connectivity index (χ3n) is 4.04. The van der Waals surface area contributed by atoms with Gasteiger partial charge in [-0.25, -0.2) is 0 Å². The number of rotatable bonds is 5. The number of benzene rings is 1. The van der Waals surface area contributed by atoms with Gasteiger partial charge in [0.15, 0.2) is 0 Å². The van der Waals surface area contributed by atoms with E-state index in [1.54, 1.807) is 0 Å². The minimum Gasteiger partial charge on any atom is -0.463 e. The largest absolute Gasteiger partial charge is 0.463 e. The van der Waals surface area contributed by atoms with Crippen molar-refractivity contribution in [1.82, 2.24) is 0 Å². The number of carbonyl (C=O) groups excluding carboxylic acids is 1. The topological polar surface area (TPSA) is 35.5 Å². The Morgan fingerprint density at radius 2 is 2.05 bits per heavy atom. The molecule has 0 N–H and O–H groups in total. The fraction of sp³-hybridized carbons (Fsp3) is 0.588. The number of ether oxygens (including phenoxy) is 2. The zero-order chi connectivity index (χ0) is 14.5. The van der Waals surface area contributed by atoms with Crippen LogP contribution in [0.1, 0.15) is 32.8 Å². The minimum atomic E-state index is -0.135. The summed E-state index contributed by atoms with van der Waals surface area (Å²) in [5.74, 6) is 0.291. The highest BCUT2D eigenvalue weighted by atomic mass is 16.6. The molecule has 3 nitrogen and oxygen atoms in total. The molecule has 0 aromatic heterocycles. The predicted octanol–water partition coefficient (Wildman–Crippen LogP) is 3.22. The lowest BCUT2D eigenvalue weighted by Crippen LogP contribution is -2.23. The van der Waals surface area contributed by atoms with Gasteiger partial charge in [0.1, 0.15) is 6.61 Å². The molecule has 1 aliphatic rings. The highest BCUT2D eigenvalue weighted by molar-refractivity contribution is 5.72. The maximum absolute atomic E-state index is 12.0. The molecule has 1 fully saturated rings. The smallest absolute Gasteiger partial charge is 0.309 e. The molecule has 110 valence electrons. The van der Waals surface area contributed by atoms with E-state index in [0.29, 0.717) is 12.5 Å². The summed E-state index contributed by atoms with van der Waals surface area (Å²) in [4.78, 5) is 12.0. The molecule has 0 aliphatic carbocycles. The summed E-state index contributed by atoms with van der Waals surface area (Å²) in [7, 11) is 0. The van der Waals surface area contributed by atoms with E-state index in [1.807, 2.05) is 37.3 Å². The fourth-order valence-corrected chi connectivity index (χ4v) is 2.58. The van der Waals surface area contributed by atoms with Crippen LogP contribution in [0, 0.1) is 11.8 Å². The normalized spacial score (nSPS) is 27.2. The molecule has 1 aromatic rings. The molecule has 3 heteroatoms. The Kier molecular flexibility index (Phi) is 5.18. The van der Waals surface area contributed by atoms with Crippen LogP contribution >= 0.6 is 0 Å². The van der Waals surface area contributed by atoms with Crippen molar-refractivity contribution in [3.63, 3.8) is 0 Å². The van der Waals surface area contributed by atoms with E-state index >= 15 is 0 Å². The molecule has 0 radical (unpaired) electrons. The Labute approximate surface area is 121 Å². The number of hydrogen-bond donors (Lipinski definition) is 0. The van der Waals surface area contributed by atoms with E-state index in [4.69, 9.17) is 9.47 Å². The molecular weight excluding hydrogens is 252 g/mol. The Morgan fingerprint density at radius 3 is 2.65 bits per heavy atom. The number of hydrogen-bond acceptors (Lipinski definition) is 3. The Bertz CT molecular complexity index is 419. The molecule has 1 aliphatic heterocycles. The molecule has 0 amide bonds. The second-order valence-corrected chi connectivity index (χ2v) is 5.90. The van der Waals surface area contributed by atoms with Crippen LogP contribution in [0.4, 0.5) is 0 Å². The maximum Gasteiger partial charge on any atom is 0.309 e. The van der Waals surface area contributed by atoms with E-state index < -0.39 is 0 Å². The number of carbonyl (C=O) groups is 1. The van der Waals surface area contributed by atoms with Crippen molar-refractivity contribution in [2.45, 2.75) is 45.8 Å². The number of esters is 1. The van der Waals surface area contributed by atoms with Crippen molar-refractivity contribution >= 4 is 5.97 Å². The summed E-state index contributed by atoms with van der Waals surface area (Å²) in [6, 6.07) is 10.0. The monoisotopic (exact) mass is 276 g/mol. The molecule has 0 saturated carbocycles. The second-order valence-electron chi connectivity index (χ2n) is 5.90. The van der Waals surface area contributed by atoms with Crippen molar-refractivity contribution in [3.8, 4) is 0 Å². The van der Waals surface area contributed by atoms with E-state index in [0.717, 1.165) is 18.4 Å². The summed E-state index contributed by atoms with van der Waals surface area (Å²) in [5.41, 5.74) is 1.16. The van der Waals surface area contributed by atoms with Crippen molar-refractivity contribution in [2.24, 2.45) is 11.8 Å². The van der Waals surface area contributed by atoms with Crippen molar-refractivity contribution in [2.75, 3.05) is 6.61 Å². The SMILES string of the molecule is CC1OC(COC(=O)[C@@H](C)Cc2ccccc2)C[C@H]1C. The molecule has 1 saturated heterocycles.